The molecule has 0 spiro atoms. The lowest BCUT2D eigenvalue weighted by Gasteiger charge is -2.02. The molecule has 1 N–H and O–H groups in total. The van der Waals surface area contributed by atoms with Crippen molar-refractivity contribution in [2.24, 2.45) is 0 Å². The first-order valence-corrected chi connectivity index (χ1v) is 3.83. The SMILES string of the molecule is Cc1c(Cl)ncc(C(=O)O)c1Cl. The zero-order chi connectivity index (χ0) is 9.30. The minimum Gasteiger partial charge on any atom is -0.478 e. The van der Waals surface area contributed by atoms with Crippen molar-refractivity contribution in [3.8, 4) is 0 Å². The van der Waals surface area contributed by atoms with E-state index in [9.17, 15) is 4.79 Å². The number of carbonyl (C=O) groups is 1. The van der Waals surface area contributed by atoms with Crippen LogP contribution in [0.1, 0.15) is 15.9 Å². The van der Waals surface area contributed by atoms with Gasteiger partial charge in [-0.05, 0) is 6.92 Å². The summed E-state index contributed by atoms with van der Waals surface area (Å²) in [6, 6.07) is 0. The molecule has 3 nitrogen and oxygen atoms in total. The number of halogens is 2. The monoisotopic (exact) mass is 205 g/mol. The molecule has 0 atom stereocenters. The Bertz CT molecular complexity index is 338. The van der Waals surface area contributed by atoms with E-state index in [1.165, 1.54) is 0 Å². The summed E-state index contributed by atoms with van der Waals surface area (Å²) in [6.45, 7) is 1.62. The first kappa shape index (κ1) is 9.29. The molecule has 0 unspecified atom stereocenters. The Kier molecular flexibility index (Phi) is 2.55. The molecule has 0 aliphatic carbocycles. The first-order valence-electron chi connectivity index (χ1n) is 3.08. The number of carboxylic acids is 1. The van der Waals surface area contributed by atoms with Crippen LogP contribution in [0.25, 0.3) is 0 Å². The Morgan fingerprint density at radius 2 is 2.17 bits per heavy atom. The Balaban J connectivity index is 3.36. The molecule has 1 aromatic rings. The van der Waals surface area contributed by atoms with E-state index in [4.69, 9.17) is 28.3 Å². The summed E-state index contributed by atoms with van der Waals surface area (Å²) >= 11 is 11.3. The lowest BCUT2D eigenvalue weighted by atomic mass is 10.2. The number of carboxylic acid groups (broad SMARTS) is 1. The molecule has 0 aromatic carbocycles. The maximum absolute atomic E-state index is 10.5. The van der Waals surface area contributed by atoms with Crippen molar-refractivity contribution in [2.75, 3.05) is 0 Å². The molecular formula is C7H5Cl2NO2. The number of hydrogen-bond donors (Lipinski definition) is 1. The standard InChI is InChI=1S/C7H5Cl2NO2/c1-3-5(8)4(7(11)12)2-10-6(3)9/h2H,1H3,(H,11,12). The minimum atomic E-state index is -1.10. The highest BCUT2D eigenvalue weighted by molar-refractivity contribution is 6.37. The van der Waals surface area contributed by atoms with Gasteiger partial charge in [0.1, 0.15) is 5.15 Å². The van der Waals surface area contributed by atoms with Gasteiger partial charge in [-0.25, -0.2) is 9.78 Å². The molecule has 0 aliphatic rings. The Hall–Kier alpha value is -0.800. The smallest absolute Gasteiger partial charge is 0.338 e. The van der Waals surface area contributed by atoms with Gasteiger partial charge in [0.15, 0.2) is 0 Å². The van der Waals surface area contributed by atoms with Gasteiger partial charge in [0.2, 0.25) is 0 Å². The van der Waals surface area contributed by atoms with Crippen LogP contribution < -0.4 is 0 Å². The molecule has 0 fully saturated rings. The van der Waals surface area contributed by atoms with Gasteiger partial charge < -0.3 is 5.11 Å². The van der Waals surface area contributed by atoms with Crippen LogP contribution in [0.5, 0.6) is 0 Å². The van der Waals surface area contributed by atoms with Gasteiger partial charge in [-0.3, -0.25) is 0 Å². The third-order valence-corrected chi connectivity index (χ3v) is 2.28. The molecule has 0 bridgehead atoms. The van der Waals surface area contributed by atoms with Crippen LogP contribution in [0.2, 0.25) is 10.2 Å². The van der Waals surface area contributed by atoms with Crippen molar-refractivity contribution in [2.45, 2.75) is 6.92 Å². The molecular weight excluding hydrogens is 201 g/mol. The molecule has 0 amide bonds. The molecule has 0 radical (unpaired) electrons. The fraction of sp³-hybridized carbons (Fsp3) is 0.143. The van der Waals surface area contributed by atoms with Crippen LogP contribution >= 0.6 is 23.2 Å². The van der Waals surface area contributed by atoms with Gasteiger partial charge >= 0.3 is 5.97 Å². The molecule has 5 heteroatoms. The zero-order valence-electron chi connectivity index (χ0n) is 6.14. The zero-order valence-corrected chi connectivity index (χ0v) is 7.65. The lowest BCUT2D eigenvalue weighted by molar-refractivity contribution is 0.0696. The summed E-state index contributed by atoms with van der Waals surface area (Å²) in [7, 11) is 0. The summed E-state index contributed by atoms with van der Waals surface area (Å²) in [5.41, 5.74) is 0.455. The van der Waals surface area contributed by atoms with Crippen LogP contribution in [0.3, 0.4) is 0 Å². The van der Waals surface area contributed by atoms with Gasteiger partial charge in [0.25, 0.3) is 0 Å². The van der Waals surface area contributed by atoms with E-state index in [2.05, 4.69) is 4.98 Å². The van der Waals surface area contributed by atoms with Gasteiger partial charge in [0, 0.05) is 11.8 Å². The number of hydrogen-bond acceptors (Lipinski definition) is 2. The van der Waals surface area contributed by atoms with E-state index in [1.807, 2.05) is 0 Å². The van der Waals surface area contributed by atoms with E-state index in [-0.39, 0.29) is 15.7 Å². The third-order valence-electron chi connectivity index (χ3n) is 1.41. The number of aromatic nitrogens is 1. The van der Waals surface area contributed by atoms with Crippen molar-refractivity contribution in [3.63, 3.8) is 0 Å². The van der Waals surface area contributed by atoms with E-state index in [0.717, 1.165) is 6.20 Å². The molecule has 1 aromatic heterocycles. The molecule has 64 valence electrons. The topological polar surface area (TPSA) is 50.2 Å². The van der Waals surface area contributed by atoms with E-state index in [0.29, 0.717) is 5.56 Å². The summed E-state index contributed by atoms with van der Waals surface area (Å²) < 4.78 is 0. The van der Waals surface area contributed by atoms with Crippen LogP contribution in [0.4, 0.5) is 0 Å². The molecule has 0 saturated heterocycles. The van der Waals surface area contributed by atoms with Crippen LogP contribution in [0, 0.1) is 6.92 Å². The van der Waals surface area contributed by atoms with Gasteiger partial charge in [-0.15, -0.1) is 0 Å². The van der Waals surface area contributed by atoms with Gasteiger partial charge in [-0.2, -0.15) is 0 Å². The highest BCUT2D eigenvalue weighted by Crippen LogP contribution is 2.24. The summed E-state index contributed by atoms with van der Waals surface area (Å²) in [5.74, 6) is -1.10. The molecule has 1 heterocycles. The maximum atomic E-state index is 10.5. The highest BCUT2D eigenvalue weighted by atomic mass is 35.5. The second kappa shape index (κ2) is 3.29. The lowest BCUT2D eigenvalue weighted by Crippen LogP contribution is -2.00. The van der Waals surface area contributed by atoms with Crippen molar-refractivity contribution < 1.29 is 9.90 Å². The Morgan fingerprint density at radius 1 is 1.58 bits per heavy atom. The van der Waals surface area contributed by atoms with Crippen molar-refractivity contribution in [1.29, 1.82) is 0 Å². The van der Waals surface area contributed by atoms with Crippen LogP contribution in [0.15, 0.2) is 6.20 Å². The van der Waals surface area contributed by atoms with Crippen molar-refractivity contribution >= 4 is 29.2 Å². The Labute approximate surface area is 78.9 Å². The van der Waals surface area contributed by atoms with E-state index >= 15 is 0 Å². The number of pyridine rings is 1. The van der Waals surface area contributed by atoms with E-state index < -0.39 is 5.97 Å². The summed E-state index contributed by atoms with van der Waals surface area (Å²) in [4.78, 5) is 14.2. The van der Waals surface area contributed by atoms with E-state index in [1.54, 1.807) is 6.92 Å². The minimum absolute atomic E-state index is 0.0291. The second-order valence-corrected chi connectivity index (χ2v) is 2.94. The molecule has 0 saturated carbocycles. The molecule has 0 aliphatic heterocycles. The maximum Gasteiger partial charge on any atom is 0.338 e. The van der Waals surface area contributed by atoms with Crippen LogP contribution in [-0.2, 0) is 0 Å². The largest absolute Gasteiger partial charge is 0.478 e. The second-order valence-electron chi connectivity index (χ2n) is 2.21. The quantitative estimate of drug-likeness (QED) is 0.717. The predicted molar refractivity (Wildman–Crippen MR) is 46.0 cm³/mol. The average molecular weight is 206 g/mol. The van der Waals surface area contributed by atoms with Crippen LogP contribution in [-0.4, -0.2) is 16.1 Å². The fourth-order valence-corrected chi connectivity index (χ4v) is 1.13. The average Bonchev–Trinajstić information content (AvgIpc) is 2.00. The van der Waals surface area contributed by atoms with Gasteiger partial charge in [0.05, 0.1) is 10.6 Å². The van der Waals surface area contributed by atoms with Gasteiger partial charge in [-0.1, -0.05) is 23.2 Å². The first-order chi connectivity index (χ1) is 5.54. The fourth-order valence-electron chi connectivity index (χ4n) is 0.716. The van der Waals surface area contributed by atoms with Crippen molar-refractivity contribution in [3.05, 3.63) is 27.5 Å². The Morgan fingerprint density at radius 3 is 2.67 bits per heavy atom. The number of nitrogens with zero attached hydrogens (tertiary/aromatic N) is 1. The number of aromatic carboxylic acids is 1. The summed E-state index contributed by atoms with van der Waals surface area (Å²) in [6.07, 6.45) is 1.14. The predicted octanol–water partition coefficient (Wildman–Crippen LogP) is 2.40. The normalized spacial score (nSPS) is 9.92. The highest BCUT2D eigenvalue weighted by Gasteiger charge is 2.13. The summed E-state index contributed by atoms with van der Waals surface area (Å²) in [5, 5.41) is 8.98. The number of rotatable bonds is 1. The molecule has 12 heavy (non-hydrogen) atoms. The third kappa shape index (κ3) is 1.52. The molecule has 1 rings (SSSR count). The van der Waals surface area contributed by atoms with Crippen molar-refractivity contribution in [1.82, 2.24) is 4.98 Å².